The van der Waals surface area contributed by atoms with Crippen molar-refractivity contribution in [3.63, 3.8) is 0 Å². The zero-order chi connectivity index (χ0) is 19.4. The Labute approximate surface area is 150 Å². The summed E-state index contributed by atoms with van der Waals surface area (Å²) in [4.78, 5) is 25.0. The van der Waals surface area contributed by atoms with Gasteiger partial charge in [0, 0.05) is 18.3 Å². The number of hydrogen-bond acceptors (Lipinski definition) is 3. The maximum Gasteiger partial charge on any atom is 0.355 e. The molecule has 0 unspecified atom stereocenters. The number of rotatable bonds is 6. The van der Waals surface area contributed by atoms with Gasteiger partial charge in [0.2, 0.25) is 0 Å². The summed E-state index contributed by atoms with van der Waals surface area (Å²) in [5.74, 6) is -2.78. The van der Waals surface area contributed by atoms with Crippen LogP contribution in [0.3, 0.4) is 0 Å². The van der Waals surface area contributed by atoms with Crippen molar-refractivity contribution in [1.82, 2.24) is 4.57 Å². The maximum absolute atomic E-state index is 13.8. The Bertz CT molecular complexity index is 872. The predicted octanol–water partition coefficient (Wildman–Crippen LogP) is 4.00. The Morgan fingerprint density at radius 2 is 2.00 bits per heavy atom. The average molecular weight is 362 g/mol. The van der Waals surface area contributed by atoms with Gasteiger partial charge < -0.3 is 14.6 Å². The first-order valence-corrected chi connectivity index (χ1v) is 8.05. The summed E-state index contributed by atoms with van der Waals surface area (Å²) in [6, 6.07) is 2.87. The second kappa shape index (κ2) is 7.95. The summed E-state index contributed by atoms with van der Waals surface area (Å²) in [6.45, 7) is 9.14. The van der Waals surface area contributed by atoms with Gasteiger partial charge in [0.25, 0.3) is 5.91 Å². The van der Waals surface area contributed by atoms with E-state index in [0.29, 0.717) is 23.9 Å². The van der Waals surface area contributed by atoms with Crippen LogP contribution in [-0.2, 0) is 11.3 Å². The van der Waals surface area contributed by atoms with Crippen LogP contribution in [0.4, 0.5) is 14.5 Å². The topological polar surface area (TPSA) is 60.3 Å². The Hall–Kier alpha value is -2.96. The van der Waals surface area contributed by atoms with Crippen molar-refractivity contribution >= 4 is 17.6 Å². The van der Waals surface area contributed by atoms with E-state index in [1.165, 1.54) is 0 Å². The molecule has 138 valence electrons. The van der Waals surface area contributed by atoms with Crippen LogP contribution in [0.2, 0.25) is 0 Å². The lowest BCUT2D eigenvalue weighted by atomic mass is 10.1. The number of nitrogens with one attached hydrogen (secondary N) is 1. The molecule has 26 heavy (non-hydrogen) atoms. The van der Waals surface area contributed by atoms with Gasteiger partial charge in [0.1, 0.15) is 17.3 Å². The van der Waals surface area contributed by atoms with Gasteiger partial charge in [-0.3, -0.25) is 4.79 Å². The quantitative estimate of drug-likeness (QED) is 0.624. The van der Waals surface area contributed by atoms with Crippen molar-refractivity contribution in [2.45, 2.75) is 27.3 Å². The molecule has 0 fully saturated rings. The van der Waals surface area contributed by atoms with E-state index in [9.17, 15) is 18.4 Å². The van der Waals surface area contributed by atoms with E-state index in [2.05, 4.69) is 11.9 Å². The van der Waals surface area contributed by atoms with E-state index < -0.39 is 23.5 Å². The molecule has 0 spiro atoms. The third kappa shape index (κ3) is 3.66. The molecule has 5 nitrogen and oxygen atoms in total. The molecule has 2 rings (SSSR count). The van der Waals surface area contributed by atoms with E-state index in [1.807, 2.05) is 0 Å². The highest BCUT2D eigenvalue weighted by Gasteiger charge is 2.27. The van der Waals surface area contributed by atoms with E-state index in [4.69, 9.17) is 4.74 Å². The van der Waals surface area contributed by atoms with Crippen LogP contribution in [0.5, 0.6) is 0 Å². The summed E-state index contributed by atoms with van der Waals surface area (Å²) in [5.41, 5.74) is 1.27. The molecule has 7 heteroatoms. The van der Waals surface area contributed by atoms with Gasteiger partial charge >= 0.3 is 5.97 Å². The lowest BCUT2D eigenvalue weighted by Gasteiger charge is -2.09. The maximum atomic E-state index is 13.8. The Balaban J connectivity index is 2.48. The summed E-state index contributed by atoms with van der Waals surface area (Å²) in [7, 11) is 0. The lowest BCUT2D eigenvalue weighted by molar-refractivity contribution is 0.0513. The highest BCUT2D eigenvalue weighted by Crippen LogP contribution is 2.25. The molecule has 2 aromatic rings. The molecule has 0 saturated heterocycles. The summed E-state index contributed by atoms with van der Waals surface area (Å²) in [5, 5.41) is 2.42. The molecule has 0 saturated carbocycles. The molecule has 1 amide bonds. The average Bonchev–Trinajstić information content (AvgIpc) is 2.81. The van der Waals surface area contributed by atoms with Crippen LogP contribution in [-0.4, -0.2) is 23.1 Å². The van der Waals surface area contributed by atoms with E-state index in [-0.39, 0.29) is 23.6 Å². The zero-order valence-electron chi connectivity index (χ0n) is 14.9. The molecule has 0 atom stereocenters. The van der Waals surface area contributed by atoms with Crippen molar-refractivity contribution < 1.29 is 23.1 Å². The van der Waals surface area contributed by atoms with Crippen LogP contribution < -0.4 is 5.32 Å². The van der Waals surface area contributed by atoms with Gasteiger partial charge in [-0.05, 0) is 38.5 Å². The second-order valence-electron chi connectivity index (χ2n) is 5.63. The minimum Gasteiger partial charge on any atom is -0.461 e. The van der Waals surface area contributed by atoms with Crippen molar-refractivity contribution in [3.8, 4) is 0 Å². The lowest BCUT2D eigenvalue weighted by Crippen LogP contribution is -2.15. The van der Waals surface area contributed by atoms with E-state index >= 15 is 0 Å². The van der Waals surface area contributed by atoms with Crippen LogP contribution in [0.1, 0.15) is 39.0 Å². The first-order chi connectivity index (χ1) is 12.3. The standard InChI is InChI=1S/C19H20F2N2O3/c1-5-9-23-12(4)16(11(3)17(23)19(25)26-6-2)18(24)22-15-8-7-13(20)10-14(15)21/h5,7-8,10H,1,6,9H2,2-4H3,(H,22,24). The number of hydrogen-bond donors (Lipinski definition) is 1. The largest absolute Gasteiger partial charge is 0.461 e. The van der Waals surface area contributed by atoms with E-state index in [1.54, 1.807) is 31.4 Å². The number of carbonyl (C=O) groups excluding carboxylic acids is 2. The van der Waals surface area contributed by atoms with Crippen molar-refractivity contribution in [1.29, 1.82) is 0 Å². The number of amides is 1. The van der Waals surface area contributed by atoms with Gasteiger partial charge in [-0.2, -0.15) is 0 Å². The fourth-order valence-electron chi connectivity index (χ4n) is 2.83. The molecule has 1 N–H and O–H groups in total. The highest BCUT2D eigenvalue weighted by molar-refractivity contribution is 6.08. The molecule has 1 aromatic carbocycles. The fraction of sp³-hybridized carbons (Fsp3) is 0.263. The number of halogens is 2. The fourth-order valence-corrected chi connectivity index (χ4v) is 2.83. The molecular formula is C19H20F2N2O3. The number of carbonyl (C=O) groups is 2. The van der Waals surface area contributed by atoms with Crippen molar-refractivity contribution in [2.75, 3.05) is 11.9 Å². The van der Waals surface area contributed by atoms with Crippen LogP contribution in [0.25, 0.3) is 0 Å². The predicted molar refractivity (Wildman–Crippen MR) is 94.4 cm³/mol. The first-order valence-electron chi connectivity index (χ1n) is 8.05. The molecule has 0 bridgehead atoms. The monoisotopic (exact) mass is 362 g/mol. The Kier molecular flexibility index (Phi) is 5.92. The molecule has 0 aliphatic carbocycles. The third-order valence-electron chi connectivity index (χ3n) is 3.95. The SMILES string of the molecule is C=CCn1c(C)c(C(=O)Nc2ccc(F)cc2F)c(C)c1C(=O)OCC. The number of benzene rings is 1. The number of aromatic nitrogens is 1. The van der Waals surface area contributed by atoms with Gasteiger partial charge in [0.05, 0.1) is 17.9 Å². The number of nitrogens with zero attached hydrogens (tertiary/aromatic N) is 1. The molecule has 0 radical (unpaired) electrons. The number of esters is 1. The highest BCUT2D eigenvalue weighted by atomic mass is 19.1. The van der Waals surface area contributed by atoms with Crippen molar-refractivity contribution in [2.24, 2.45) is 0 Å². The van der Waals surface area contributed by atoms with Crippen molar-refractivity contribution in [3.05, 3.63) is 65.0 Å². The normalized spacial score (nSPS) is 10.5. The van der Waals surface area contributed by atoms with Crippen LogP contribution in [0, 0.1) is 25.5 Å². The Morgan fingerprint density at radius 3 is 2.58 bits per heavy atom. The van der Waals surface area contributed by atoms with Crippen LogP contribution in [0.15, 0.2) is 30.9 Å². The minimum atomic E-state index is -0.884. The summed E-state index contributed by atoms with van der Waals surface area (Å²) < 4.78 is 33.5. The zero-order valence-corrected chi connectivity index (χ0v) is 14.9. The van der Waals surface area contributed by atoms with Gasteiger partial charge in [-0.15, -0.1) is 6.58 Å². The van der Waals surface area contributed by atoms with E-state index in [0.717, 1.165) is 12.1 Å². The van der Waals surface area contributed by atoms with Gasteiger partial charge in [-0.1, -0.05) is 6.08 Å². The smallest absolute Gasteiger partial charge is 0.355 e. The first kappa shape index (κ1) is 19.4. The summed E-state index contributed by atoms with van der Waals surface area (Å²) >= 11 is 0. The number of allylic oxidation sites excluding steroid dienone is 1. The molecule has 0 aliphatic heterocycles. The van der Waals surface area contributed by atoms with Gasteiger partial charge in [0.15, 0.2) is 0 Å². The van der Waals surface area contributed by atoms with Crippen LogP contribution >= 0.6 is 0 Å². The summed E-state index contributed by atoms with van der Waals surface area (Å²) in [6.07, 6.45) is 1.59. The third-order valence-corrected chi connectivity index (χ3v) is 3.95. The molecule has 1 aromatic heterocycles. The number of ether oxygens (including phenoxy) is 1. The minimum absolute atomic E-state index is 0.149. The Morgan fingerprint density at radius 1 is 1.31 bits per heavy atom. The van der Waals surface area contributed by atoms with Gasteiger partial charge in [-0.25, -0.2) is 13.6 Å². The number of anilines is 1. The second-order valence-corrected chi connectivity index (χ2v) is 5.63. The molecule has 1 heterocycles. The molecular weight excluding hydrogens is 342 g/mol. The molecule has 0 aliphatic rings.